The fourth-order valence-electron chi connectivity index (χ4n) is 2.85. The lowest BCUT2D eigenvalue weighted by molar-refractivity contribution is -0.119. The molecule has 7 heteroatoms. The minimum Gasteiger partial charge on any atom is -0.493 e. The van der Waals surface area contributed by atoms with Gasteiger partial charge in [-0.05, 0) is 31.5 Å². The number of para-hydroxylation sites is 1. The van der Waals surface area contributed by atoms with Gasteiger partial charge in [-0.2, -0.15) is 0 Å². The van der Waals surface area contributed by atoms with Crippen molar-refractivity contribution in [3.63, 3.8) is 0 Å². The van der Waals surface area contributed by atoms with Crippen LogP contribution in [0.5, 0.6) is 5.75 Å². The first-order chi connectivity index (χ1) is 13.6. The van der Waals surface area contributed by atoms with Gasteiger partial charge in [-0.25, -0.2) is 0 Å². The van der Waals surface area contributed by atoms with Crippen molar-refractivity contribution < 1.29 is 9.53 Å². The fourth-order valence-corrected chi connectivity index (χ4v) is 3.57. The van der Waals surface area contributed by atoms with Gasteiger partial charge >= 0.3 is 0 Å². The Balaban J connectivity index is 1.64. The van der Waals surface area contributed by atoms with E-state index >= 15 is 0 Å². The fraction of sp³-hybridized carbons (Fsp3) is 0.286. The number of hydrogen-bond donors (Lipinski definition) is 1. The third-order valence-corrected chi connectivity index (χ3v) is 5.29. The zero-order valence-corrected chi connectivity index (χ0v) is 17.1. The second-order valence-corrected chi connectivity index (χ2v) is 7.23. The normalized spacial score (nSPS) is 11.8. The zero-order chi connectivity index (χ0) is 19.9. The van der Waals surface area contributed by atoms with E-state index in [0.717, 1.165) is 16.9 Å². The molecule has 1 aromatic heterocycles. The van der Waals surface area contributed by atoms with Gasteiger partial charge in [0, 0.05) is 7.05 Å². The highest BCUT2D eigenvalue weighted by atomic mass is 32.2. The van der Waals surface area contributed by atoms with Crippen molar-refractivity contribution in [2.75, 3.05) is 12.4 Å². The van der Waals surface area contributed by atoms with Crippen molar-refractivity contribution in [2.45, 2.75) is 25.0 Å². The molecule has 0 radical (unpaired) electrons. The maximum Gasteiger partial charge on any atom is 0.230 e. The number of thioether (sulfide) groups is 1. The van der Waals surface area contributed by atoms with E-state index in [0.29, 0.717) is 17.6 Å². The molecule has 0 aliphatic carbocycles. The Hall–Kier alpha value is -2.80. The molecule has 0 aliphatic rings. The van der Waals surface area contributed by atoms with E-state index in [-0.39, 0.29) is 17.7 Å². The van der Waals surface area contributed by atoms with Crippen LogP contribution in [0.1, 0.15) is 25.5 Å². The summed E-state index contributed by atoms with van der Waals surface area (Å²) in [4.78, 5) is 12.3. The molecule has 1 heterocycles. The molecule has 0 bridgehead atoms. The van der Waals surface area contributed by atoms with Crippen molar-refractivity contribution in [3.05, 3.63) is 60.2 Å². The number of hydrogen-bond acceptors (Lipinski definition) is 5. The Kier molecular flexibility index (Phi) is 6.71. The minimum atomic E-state index is -0.0411. The van der Waals surface area contributed by atoms with Crippen LogP contribution in [0.15, 0.2) is 59.8 Å². The van der Waals surface area contributed by atoms with Crippen LogP contribution in [0, 0.1) is 0 Å². The largest absolute Gasteiger partial charge is 0.493 e. The van der Waals surface area contributed by atoms with Crippen molar-refractivity contribution in [1.82, 2.24) is 20.1 Å². The number of rotatable bonds is 8. The summed E-state index contributed by atoms with van der Waals surface area (Å²) in [5, 5.41) is 12.2. The highest BCUT2D eigenvalue weighted by Crippen LogP contribution is 2.30. The Morgan fingerprint density at radius 3 is 2.61 bits per heavy atom. The third kappa shape index (κ3) is 4.72. The topological polar surface area (TPSA) is 69.0 Å². The molecule has 0 aliphatic heterocycles. The molecule has 1 amide bonds. The predicted molar refractivity (Wildman–Crippen MR) is 111 cm³/mol. The van der Waals surface area contributed by atoms with E-state index in [2.05, 4.69) is 15.5 Å². The lowest BCUT2D eigenvalue weighted by atomic mass is 10.1. The lowest BCUT2D eigenvalue weighted by Crippen LogP contribution is -2.28. The van der Waals surface area contributed by atoms with Gasteiger partial charge in [0.1, 0.15) is 5.75 Å². The molecule has 6 nitrogen and oxygen atoms in total. The monoisotopic (exact) mass is 396 g/mol. The first-order valence-electron chi connectivity index (χ1n) is 9.18. The van der Waals surface area contributed by atoms with E-state index in [1.807, 2.05) is 80.1 Å². The summed E-state index contributed by atoms with van der Waals surface area (Å²) < 4.78 is 7.57. The van der Waals surface area contributed by atoms with Crippen LogP contribution in [0.3, 0.4) is 0 Å². The van der Waals surface area contributed by atoms with Crippen LogP contribution >= 0.6 is 11.8 Å². The number of amides is 1. The first kappa shape index (κ1) is 19.9. The summed E-state index contributed by atoms with van der Waals surface area (Å²) in [6, 6.07) is 17.6. The highest BCUT2D eigenvalue weighted by molar-refractivity contribution is 7.99. The van der Waals surface area contributed by atoms with Crippen LogP contribution in [-0.4, -0.2) is 33.0 Å². The van der Waals surface area contributed by atoms with E-state index < -0.39 is 0 Å². The second-order valence-electron chi connectivity index (χ2n) is 6.28. The molecule has 146 valence electrons. The maximum atomic E-state index is 12.3. The molecule has 0 spiro atoms. The van der Waals surface area contributed by atoms with Crippen LogP contribution in [0.4, 0.5) is 0 Å². The van der Waals surface area contributed by atoms with Gasteiger partial charge in [-0.1, -0.05) is 54.2 Å². The zero-order valence-electron chi connectivity index (χ0n) is 16.3. The standard InChI is InChI=1S/C21H24N4O2S/c1-4-27-18-13-9-8-12-17(18)20-23-24-21(25(20)3)28-14-19(26)22-15(2)16-10-6-5-7-11-16/h5-13,15H,4,14H2,1-3H3,(H,22,26). The molecular formula is C21H24N4O2S. The number of nitrogens with one attached hydrogen (secondary N) is 1. The van der Waals surface area contributed by atoms with Gasteiger partial charge in [-0.3, -0.25) is 4.79 Å². The SMILES string of the molecule is CCOc1ccccc1-c1nnc(SCC(=O)NC(C)c2ccccc2)n1C. The van der Waals surface area contributed by atoms with E-state index in [1.165, 1.54) is 11.8 Å². The molecule has 1 atom stereocenters. The van der Waals surface area contributed by atoms with Crippen LogP contribution in [0.25, 0.3) is 11.4 Å². The van der Waals surface area contributed by atoms with Gasteiger partial charge < -0.3 is 14.6 Å². The quantitative estimate of drug-likeness (QED) is 0.586. The summed E-state index contributed by atoms with van der Waals surface area (Å²) in [6.45, 7) is 4.50. The number of carbonyl (C=O) groups is 1. The lowest BCUT2D eigenvalue weighted by Gasteiger charge is -2.14. The highest BCUT2D eigenvalue weighted by Gasteiger charge is 2.16. The van der Waals surface area contributed by atoms with Crippen LogP contribution < -0.4 is 10.1 Å². The van der Waals surface area contributed by atoms with Gasteiger partial charge in [0.15, 0.2) is 11.0 Å². The van der Waals surface area contributed by atoms with E-state index in [9.17, 15) is 4.79 Å². The molecule has 0 fully saturated rings. The molecule has 0 saturated carbocycles. The van der Waals surface area contributed by atoms with Gasteiger partial charge in [0.25, 0.3) is 0 Å². The number of carbonyl (C=O) groups excluding carboxylic acids is 1. The molecular weight excluding hydrogens is 372 g/mol. The number of aromatic nitrogens is 3. The summed E-state index contributed by atoms with van der Waals surface area (Å²) in [5.41, 5.74) is 1.96. The molecule has 3 aromatic rings. The summed E-state index contributed by atoms with van der Waals surface area (Å²) >= 11 is 1.36. The van der Waals surface area contributed by atoms with Gasteiger partial charge in [0.05, 0.1) is 24.0 Å². The average molecular weight is 397 g/mol. The minimum absolute atomic E-state index is 0.0394. The van der Waals surface area contributed by atoms with E-state index in [4.69, 9.17) is 4.74 Å². The van der Waals surface area contributed by atoms with Gasteiger partial charge in [-0.15, -0.1) is 10.2 Å². The molecule has 3 rings (SSSR count). The average Bonchev–Trinajstić information content (AvgIpc) is 3.08. The number of nitrogens with zero attached hydrogens (tertiary/aromatic N) is 3. The van der Waals surface area contributed by atoms with Crippen molar-refractivity contribution >= 4 is 17.7 Å². The molecule has 1 N–H and O–H groups in total. The van der Waals surface area contributed by atoms with Crippen LogP contribution in [-0.2, 0) is 11.8 Å². The van der Waals surface area contributed by atoms with Gasteiger partial charge in [0.2, 0.25) is 5.91 Å². The molecule has 0 saturated heterocycles. The third-order valence-electron chi connectivity index (χ3n) is 4.27. The summed E-state index contributed by atoms with van der Waals surface area (Å²) in [6.07, 6.45) is 0. The Labute approximate surface area is 169 Å². The first-order valence-corrected chi connectivity index (χ1v) is 10.2. The molecule has 28 heavy (non-hydrogen) atoms. The van der Waals surface area contributed by atoms with Crippen molar-refractivity contribution in [1.29, 1.82) is 0 Å². The molecule has 2 aromatic carbocycles. The van der Waals surface area contributed by atoms with Crippen molar-refractivity contribution in [2.24, 2.45) is 7.05 Å². The number of ether oxygens (including phenoxy) is 1. The Morgan fingerprint density at radius 2 is 1.86 bits per heavy atom. The summed E-state index contributed by atoms with van der Waals surface area (Å²) in [5.74, 6) is 1.72. The van der Waals surface area contributed by atoms with Crippen molar-refractivity contribution in [3.8, 4) is 17.1 Å². The predicted octanol–water partition coefficient (Wildman–Crippen LogP) is 3.85. The smallest absolute Gasteiger partial charge is 0.230 e. The maximum absolute atomic E-state index is 12.3. The Morgan fingerprint density at radius 1 is 1.14 bits per heavy atom. The second kappa shape index (κ2) is 9.41. The van der Waals surface area contributed by atoms with E-state index in [1.54, 1.807) is 0 Å². The number of benzene rings is 2. The Bertz CT molecular complexity index is 927. The molecule has 1 unspecified atom stereocenters. The van der Waals surface area contributed by atoms with Crippen LogP contribution in [0.2, 0.25) is 0 Å². The summed E-state index contributed by atoms with van der Waals surface area (Å²) in [7, 11) is 1.89.